The second-order valence-electron chi connectivity index (χ2n) is 4.84. The molecule has 0 aromatic heterocycles. The number of carboxylic acid groups (broad SMARTS) is 1. The average Bonchev–Trinajstić information content (AvgIpc) is 2.80. The molecule has 2 aromatic carbocycles. The summed E-state index contributed by atoms with van der Waals surface area (Å²) in [6.07, 6.45) is 2.72. The van der Waals surface area contributed by atoms with Crippen molar-refractivity contribution in [2.45, 2.75) is 4.90 Å². The molecule has 116 valence electrons. The highest BCUT2D eigenvalue weighted by Gasteiger charge is 2.37. The van der Waals surface area contributed by atoms with Crippen molar-refractivity contribution < 1.29 is 19.1 Å². The highest BCUT2D eigenvalue weighted by Crippen LogP contribution is 2.41. The summed E-state index contributed by atoms with van der Waals surface area (Å²) >= 11 is 1.43. The zero-order valence-electron chi connectivity index (χ0n) is 12.1. The van der Waals surface area contributed by atoms with Crippen molar-refractivity contribution in [2.75, 3.05) is 11.2 Å². The summed E-state index contributed by atoms with van der Waals surface area (Å²) in [5.41, 5.74) is 0.759. The number of para-hydroxylation sites is 1. The van der Waals surface area contributed by atoms with E-state index in [4.69, 9.17) is 5.11 Å². The van der Waals surface area contributed by atoms with Crippen molar-refractivity contribution in [3.63, 3.8) is 0 Å². The Morgan fingerprint density at radius 2 is 1.96 bits per heavy atom. The number of thioether (sulfide) groups is 1. The molecule has 0 saturated heterocycles. The number of nitrogens with zero attached hydrogens (tertiary/aromatic N) is 1. The van der Waals surface area contributed by atoms with Gasteiger partial charge < -0.3 is 5.11 Å². The maximum Gasteiger partial charge on any atom is 0.330 e. The first-order valence-corrected chi connectivity index (χ1v) is 7.98. The van der Waals surface area contributed by atoms with Gasteiger partial charge in [0.05, 0.1) is 16.9 Å². The van der Waals surface area contributed by atoms with Gasteiger partial charge in [-0.25, -0.2) is 9.18 Å². The van der Waals surface area contributed by atoms with Crippen molar-refractivity contribution in [2.24, 2.45) is 0 Å². The van der Waals surface area contributed by atoms with E-state index in [-0.39, 0.29) is 16.8 Å². The van der Waals surface area contributed by atoms with Crippen LogP contribution in [-0.2, 0) is 4.79 Å². The summed E-state index contributed by atoms with van der Waals surface area (Å²) < 4.78 is 14.2. The Morgan fingerprint density at radius 3 is 2.65 bits per heavy atom. The van der Waals surface area contributed by atoms with Crippen LogP contribution in [-0.4, -0.2) is 23.2 Å². The normalized spacial score (nSPS) is 15.1. The Labute approximate surface area is 136 Å². The number of carbonyl (C=O) groups excluding carboxylic acids is 1. The molecule has 0 radical (unpaired) electrons. The molecule has 1 aliphatic heterocycles. The Bertz CT molecular complexity index is 847. The minimum atomic E-state index is -1.24. The molecule has 1 heterocycles. The molecule has 1 amide bonds. The minimum Gasteiger partial charge on any atom is -0.478 e. The molecule has 1 N–H and O–H groups in total. The number of fused-ring (bicyclic) bond motifs is 1. The standard InChI is InChI=1S/C17H12FNO3S/c1-23-14-8-3-2-7-12(14)19-13(9-15(20)21)16-10(17(19)22)5-4-6-11(16)18/h2-9H,1H3,(H,20,21)/b13-9-. The van der Waals surface area contributed by atoms with Gasteiger partial charge in [0.25, 0.3) is 5.91 Å². The molecule has 4 nitrogen and oxygen atoms in total. The zero-order valence-corrected chi connectivity index (χ0v) is 12.9. The van der Waals surface area contributed by atoms with Gasteiger partial charge >= 0.3 is 5.97 Å². The summed E-state index contributed by atoms with van der Waals surface area (Å²) in [7, 11) is 0. The third-order valence-corrected chi connectivity index (χ3v) is 4.32. The number of aliphatic carboxylic acids is 1. The number of anilines is 1. The average molecular weight is 329 g/mol. The second kappa shape index (κ2) is 5.89. The fourth-order valence-corrected chi connectivity index (χ4v) is 3.19. The van der Waals surface area contributed by atoms with E-state index in [9.17, 15) is 14.0 Å². The van der Waals surface area contributed by atoms with E-state index in [0.29, 0.717) is 5.69 Å². The van der Waals surface area contributed by atoms with Gasteiger partial charge in [-0.05, 0) is 30.5 Å². The van der Waals surface area contributed by atoms with Crippen LogP contribution in [0.25, 0.3) is 5.70 Å². The topological polar surface area (TPSA) is 57.6 Å². The van der Waals surface area contributed by atoms with Gasteiger partial charge in [-0.15, -0.1) is 11.8 Å². The van der Waals surface area contributed by atoms with E-state index in [1.807, 2.05) is 18.4 Å². The SMILES string of the molecule is CSc1ccccc1N1C(=O)c2cccc(F)c2/C1=C/C(=O)O. The van der Waals surface area contributed by atoms with Crippen molar-refractivity contribution in [3.8, 4) is 0 Å². The van der Waals surface area contributed by atoms with E-state index in [1.54, 1.807) is 12.1 Å². The van der Waals surface area contributed by atoms with Crippen LogP contribution >= 0.6 is 11.8 Å². The number of rotatable bonds is 3. The maximum atomic E-state index is 14.2. The summed E-state index contributed by atoms with van der Waals surface area (Å²) in [6.45, 7) is 0. The highest BCUT2D eigenvalue weighted by atomic mass is 32.2. The first-order valence-electron chi connectivity index (χ1n) is 6.75. The maximum absolute atomic E-state index is 14.2. The van der Waals surface area contributed by atoms with Crippen molar-refractivity contribution in [3.05, 3.63) is 65.5 Å². The summed E-state index contributed by atoms with van der Waals surface area (Å²) in [4.78, 5) is 26.0. The van der Waals surface area contributed by atoms with Gasteiger partial charge in [0, 0.05) is 16.5 Å². The number of carbonyl (C=O) groups is 2. The molecule has 0 fully saturated rings. The first kappa shape index (κ1) is 15.3. The van der Waals surface area contributed by atoms with Crippen molar-refractivity contribution in [1.29, 1.82) is 0 Å². The molecule has 2 aromatic rings. The fraction of sp³-hybridized carbons (Fsp3) is 0.0588. The van der Waals surface area contributed by atoms with Crippen LogP contribution in [0.3, 0.4) is 0 Å². The number of hydrogen-bond acceptors (Lipinski definition) is 3. The van der Waals surface area contributed by atoms with Crippen LogP contribution in [0.5, 0.6) is 0 Å². The molecule has 0 atom stereocenters. The first-order chi connectivity index (χ1) is 11.0. The Hall–Kier alpha value is -2.60. The van der Waals surface area contributed by atoms with E-state index >= 15 is 0 Å². The molecular formula is C17H12FNO3S. The molecule has 1 aliphatic rings. The molecular weight excluding hydrogens is 317 g/mol. The molecule has 0 aliphatic carbocycles. The number of hydrogen-bond donors (Lipinski definition) is 1. The highest BCUT2D eigenvalue weighted by molar-refractivity contribution is 7.98. The number of amides is 1. The smallest absolute Gasteiger partial charge is 0.330 e. The van der Waals surface area contributed by atoms with Gasteiger partial charge in [0.15, 0.2) is 0 Å². The third-order valence-electron chi connectivity index (χ3n) is 3.53. The van der Waals surface area contributed by atoms with Gasteiger partial charge in [0.2, 0.25) is 0 Å². The molecule has 0 unspecified atom stereocenters. The van der Waals surface area contributed by atoms with E-state index in [2.05, 4.69) is 0 Å². The van der Waals surface area contributed by atoms with Crippen LogP contribution in [0.4, 0.5) is 10.1 Å². The molecule has 3 rings (SSSR count). The van der Waals surface area contributed by atoms with Crippen molar-refractivity contribution >= 4 is 35.0 Å². The Morgan fingerprint density at radius 1 is 1.22 bits per heavy atom. The molecule has 6 heteroatoms. The van der Waals surface area contributed by atoms with E-state index in [1.165, 1.54) is 34.9 Å². The molecule has 0 spiro atoms. The van der Waals surface area contributed by atoms with Crippen LogP contribution in [0.2, 0.25) is 0 Å². The van der Waals surface area contributed by atoms with Crippen LogP contribution in [0, 0.1) is 5.82 Å². The van der Waals surface area contributed by atoms with Gasteiger partial charge in [0.1, 0.15) is 5.82 Å². The molecule has 23 heavy (non-hydrogen) atoms. The second-order valence-corrected chi connectivity index (χ2v) is 5.69. The fourth-order valence-electron chi connectivity index (χ4n) is 2.61. The lowest BCUT2D eigenvalue weighted by atomic mass is 10.1. The molecule has 0 bridgehead atoms. The van der Waals surface area contributed by atoms with Gasteiger partial charge in [-0.3, -0.25) is 9.69 Å². The van der Waals surface area contributed by atoms with Gasteiger partial charge in [-0.2, -0.15) is 0 Å². The number of carboxylic acids is 1. The Balaban J connectivity index is 2.27. The lowest BCUT2D eigenvalue weighted by Crippen LogP contribution is -2.23. The summed E-state index contributed by atoms with van der Waals surface area (Å²) in [5, 5.41) is 9.13. The minimum absolute atomic E-state index is 0.0239. The van der Waals surface area contributed by atoms with Crippen LogP contribution < -0.4 is 4.90 Å². The monoisotopic (exact) mass is 329 g/mol. The lowest BCUT2D eigenvalue weighted by Gasteiger charge is -2.20. The van der Waals surface area contributed by atoms with Crippen molar-refractivity contribution in [1.82, 2.24) is 0 Å². The number of halogens is 1. The molecule has 0 saturated carbocycles. The quantitative estimate of drug-likeness (QED) is 0.690. The van der Waals surface area contributed by atoms with Crippen LogP contribution in [0.15, 0.2) is 53.4 Å². The largest absolute Gasteiger partial charge is 0.478 e. The Kier molecular flexibility index (Phi) is 3.92. The van der Waals surface area contributed by atoms with Crippen LogP contribution in [0.1, 0.15) is 15.9 Å². The van der Waals surface area contributed by atoms with E-state index < -0.39 is 17.7 Å². The predicted molar refractivity (Wildman–Crippen MR) is 87.0 cm³/mol. The van der Waals surface area contributed by atoms with E-state index in [0.717, 1.165) is 11.0 Å². The van der Waals surface area contributed by atoms with Gasteiger partial charge in [-0.1, -0.05) is 18.2 Å². The lowest BCUT2D eigenvalue weighted by molar-refractivity contribution is -0.131. The number of benzene rings is 2. The predicted octanol–water partition coefficient (Wildman–Crippen LogP) is 3.63. The third kappa shape index (κ3) is 2.51. The summed E-state index contributed by atoms with van der Waals surface area (Å²) in [5.74, 6) is -2.29. The zero-order chi connectivity index (χ0) is 16.6. The summed E-state index contributed by atoms with van der Waals surface area (Å²) in [6, 6.07) is 11.3.